The van der Waals surface area contributed by atoms with Crippen LogP contribution in [0.25, 0.3) is 0 Å². The van der Waals surface area contributed by atoms with Crippen LogP contribution in [0.1, 0.15) is 28.5 Å². The monoisotopic (exact) mass is 323 g/mol. The second-order valence-corrected chi connectivity index (χ2v) is 5.06. The third kappa shape index (κ3) is 2.94. The van der Waals surface area contributed by atoms with Crippen LogP contribution in [0.2, 0.25) is 0 Å². The number of hydrogen-bond acceptors (Lipinski definition) is 4. The van der Waals surface area contributed by atoms with E-state index in [0.29, 0.717) is 5.69 Å². The third-order valence-corrected chi connectivity index (χ3v) is 3.45. The average Bonchev–Trinajstić information content (AvgIpc) is 3.13. The average molecular weight is 323 g/mol. The molecule has 120 valence electrons. The van der Waals surface area contributed by atoms with Crippen molar-refractivity contribution < 1.29 is 18.0 Å². The quantitative estimate of drug-likeness (QED) is 0.852. The molecule has 6 nitrogen and oxygen atoms in total. The van der Waals surface area contributed by atoms with Crippen molar-refractivity contribution >= 4 is 11.6 Å². The summed E-state index contributed by atoms with van der Waals surface area (Å²) in [6.45, 7) is 0. The molecule has 0 bridgehead atoms. The van der Waals surface area contributed by atoms with E-state index in [0.717, 1.165) is 5.01 Å². The van der Waals surface area contributed by atoms with Crippen LogP contribution in [0, 0.1) is 0 Å². The van der Waals surface area contributed by atoms with Crippen molar-refractivity contribution in [3.63, 3.8) is 0 Å². The molecular weight excluding hydrogens is 311 g/mol. The molecule has 23 heavy (non-hydrogen) atoms. The molecule has 0 fully saturated rings. The van der Waals surface area contributed by atoms with Gasteiger partial charge in [0.15, 0.2) is 0 Å². The molecule has 1 unspecified atom stereocenters. The van der Waals surface area contributed by atoms with Crippen molar-refractivity contribution in [1.82, 2.24) is 19.8 Å². The van der Waals surface area contributed by atoms with Crippen molar-refractivity contribution in [3.8, 4) is 0 Å². The number of hydrazone groups is 1. The van der Waals surface area contributed by atoms with Gasteiger partial charge in [0.05, 0.1) is 5.69 Å². The first-order valence-electron chi connectivity index (χ1n) is 6.74. The number of aromatic nitrogens is 3. The SMILES string of the molecule is Cn1ccc(C2CC(C(F)(F)F)=NN2C(=O)c2ccncc2)n1. The highest BCUT2D eigenvalue weighted by Crippen LogP contribution is 2.36. The first-order chi connectivity index (χ1) is 10.9. The number of alkyl halides is 3. The fraction of sp³-hybridized carbons (Fsp3) is 0.286. The van der Waals surface area contributed by atoms with Gasteiger partial charge < -0.3 is 0 Å². The van der Waals surface area contributed by atoms with Gasteiger partial charge in [0, 0.05) is 37.6 Å². The van der Waals surface area contributed by atoms with Crippen LogP contribution in [-0.2, 0) is 7.05 Å². The number of halogens is 3. The van der Waals surface area contributed by atoms with Crippen LogP contribution < -0.4 is 0 Å². The van der Waals surface area contributed by atoms with Crippen molar-refractivity contribution in [2.24, 2.45) is 12.1 Å². The standard InChI is InChI=1S/C14H12F3N5O/c1-21-7-4-10(19-21)11-8-12(14(15,16)17)20-22(11)13(23)9-2-5-18-6-3-9/h2-7,11H,8H2,1H3. The highest BCUT2D eigenvalue weighted by Gasteiger charge is 2.45. The van der Waals surface area contributed by atoms with E-state index in [1.807, 2.05) is 0 Å². The van der Waals surface area contributed by atoms with Crippen LogP contribution in [-0.4, -0.2) is 37.6 Å². The highest BCUT2D eigenvalue weighted by atomic mass is 19.4. The number of amides is 1. The summed E-state index contributed by atoms with van der Waals surface area (Å²) < 4.78 is 40.4. The maximum absolute atomic E-state index is 13.0. The molecule has 1 aliphatic heterocycles. The summed E-state index contributed by atoms with van der Waals surface area (Å²) in [5.41, 5.74) is -0.415. The Bertz CT molecular complexity index is 753. The molecule has 9 heteroatoms. The zero-order valence-corrected chi connectivity index (χ0v) is 12.0. The second kappa shape index (κ2) is 5.49. The first-order valence-corrected chi connectivity index (χ1v) is 6.74. The summed E-state index contributed by atoms with van der Waals surface area (Å²) in [4.78, 5) is 16.3. The summed E-state index contributed by atoms with van der Waals surface area (Å²) in [7, 11) is 1.65. The maximum Gasteiger partial charge on any atom is 0.431 e. The minimum absolute atomic E-state index is 0.216. The van der Waals surface area contributed by atoms with E-state index in [2.05, 4.69) is 15.2 Å². The van der Waals surface area contributed by atoms with Crippen LogP contribution in [0.3, 0.4) is 0 Å². The molecule has 0 saturated carbocycles. The van der Waals surface area contributed by atoms with E-state index in [9.17, 15) is 18.0 Å². The summed E-state index contributed by atoms with van der Waals surface area (Å²) in [6, 6.07) is 3.55. The number of aryl methyl sites for hydroxylation is 1. The molecule has 0 aliphatic carbocycles. The predicted molar refractivity (Wildman–Crippen MR) is 74.5 cm³/mol. The maximum atomic E-state index is 13.0. The molecule has 1 atom stereocenters. The number of rotatable bonds is 2. The van der Waals surface area contributed by atoms with Crippen LogP contribution in [0.15, 0.2) is 41.9 Å². The fourth-order valence-corrected chi connectivity index (χ4v) is 2.34. The van der Waals surface area contributed by atoms with Crippen molar-refractivity contribution in [1.29, 1.82) is 0 Å². The van der Waals surface area contributed by atoms with Crippen molar-refractivity contribution in [3.05, 3.63) is 48.0 Å². The lowest BCUT2D eigenvalue weighted by molar-refractivity contribution is -0.0601. The Kier molecular flexibility index (Phi) is 3.63. The van der Waals surface area contributed by atoms with Gasteiger partial charge in [-0.3, -0.25) is 14.5 Å². The largest absolute Gasteiger partial charge is 0.431 e. The van der Waals surface area contributed by atoms with Crippen LogP contribution in [0.5, 0.6) is 0 Å². The Morgan fingerprint density at radius 2 is 1.96 bits per heavy atom. The number of carbonyl (C=O) groups excluding carboxylic acids is 1. The molecular formula is C14H12F3N5O. The molecule has 2 aromatic heterocycles. The first kappa shape index (κ1) is 15.2. The highest BCUT2D eigenvalue weighted by molar-refractivity contribution is 5.99. The second-order valence-electron chi connectivity index (χ2n) is 5.06. The van der Waals surface area contributed by atoms with Gasteiger partial charge in [0.2, 0.25) is 0 Å². The molecule has 3 rings (SSSR count). The lowest BCUT2D eigenvalue weighted by atomic mass is 10.1. The fourth-order valence-electron chi connectivity index (χ4n) is 2.34. The Morgan fingerprint density at radius 1 is 1.26 bits per heavy atom. The number of carbonyl (C=O) groups is 1. The van der Waals surface area contributed by atoms with Crippen LogP contribution >= 0.6 is 0 Å². The summed E-state index contributed by atoms with van der Waals surface area (Å²) in [5, 5.41) is 8.46. The van der Waals surface area contributed by atoms with E-state index < -0.39 is 30.3 Å². The van der Waals surface area contributed by atoms with Gasteiger partial charge in [-0.2, -0.15) is 23.4 Å². The topological polar surface area (TPSA) is 63.4 Å². The molecule has 0 aromatic carbocycles. The minimum atomic E-state index is -4.58. The van der Waals surface area contributed by atoms with E-state index in [1.165, 1.54) is 29.2 Å². The number of hydrogen-bond donors (Lipinski definition) is 0. The van der Waals surface area contributed by atoms with Crippen LogP contribution in [0.4, 0.5) is 13.2 Å². The molecule has 3 heterocycles. The van der Waals surface area contributed by atoms with Gasteiger partial charge in [0.25, 0.3) is 5.91 Å². The van der Waals surface area contributed by atoms with E-state index in [4.69, 9.17) is 0 Å². The normalized spacial score (nSPS) is 18.2. The Balaban J connectivity index is 1.98. The van der Waals surface area contributed by atoms with Gasteiger partial charge in [-0.05, 0) is 18.2 Å². The molecule has 1 aliphatic rings. The minimum Gasteiger partial charge on any atom is -0.275 e. The Labute approximate surface area is 129 Å². The summed E-state index contributed by atoms with van der Waals surface area (Å²) >= 11 is 0. The van der Waals surface area contributed by atoms with Gasteiger partial charge in [0.1, 0.15) is 11.8 Å². The molecule has 0 radical (unpaired) electrons. The van der Waals surface area contributed by atoms with Gasteiger partial charge in [-0.1, -0.05) is 0 Å². The van der Waals surface area contributed by atoms with Gasteiger partial charge in [-0.25, -0.2) is 5.01 Å². The van der Waals surface area contributed by atoms with E-state index in [-0.39, 0.29) is 5.56 Å². The zero-order valence-electron chi connectivity index (χ0n) is 12.0. The van der Waals surface area contributed by atoms with Gasteiger partial charge in [-0.15, -0.1) is 0 Å². The summed E-state index contributed by atoms with van der Waals surface area (Å²) in [6.07, 6.45) is -0.603. The lowest BCUT2D eigenvalue weighted by Gasteiger charge is -2.20. The Morgan fingerprint density at radius 3 is 2.52 bits per heavy atom. The van der Waals surface area contributed by atoms with E-state index in [1.54, 1.807) is 19.3 Å². The zero-order chi connectivity index (χ0) is 16.6. The molecule has 2 aromatic rings. The van der Waals surface area contributed by atoms with E-state index >= 15 is 0 Å². The predicted octanol–water partition coefficient (Wildman–Crippen LogP) is 2.32. The van der Waals surface area contributed by atoms with Crippen molar-refractivity contribution in [2.45, 2.75) is 18.6 Å². The molecule has 1 amide bonds. The van der Waals surface area contributed by atoms with Gasteiger partial charge >= 0.3 is 6.18 Å². The lowest BCUT2D eigenvalue weighted by Crippen LogP contribution is -2.27. The smallest absolute Gasteiger partial charge is 0.275 e. The molecule has 0 saturated heterocycles. The summed E-state index contributed by atoms with van der Waals surface area (Å²) in [5.74, 6) is -0.623. The Hall–Kier alpha value is -2.71. The number of pyridine rings is 1. The number of nitrogens with zero attached hydrogens (tertiary/aromatic N) is 5. The third-order valence-electron chi connectivity index (χ3n) is 3.45. The van der Waals surface area contributed by atoms with Crippen molar-refractivity contribution in [2.75, 3.05) is 0 Å². The molecule has 0 spiro atoms. The molecule has 0 N–H and O–H groups in total.